The summed E-state index contributed by atoms with van der Waals surface area (Å²) in [6.45, 7) is 1.88. The van der Waals surface area contributed by atoms with Crippen molar-refractivity contribution in [3.8, 4) is 0 Å². The van der Waals surface area contributed by atoms with Gasteiger partial charge in [0.25, 0.3) is 0 Å². The van der Waals surface area contributed by atoms with E-state index in [4.69, 9.17) is 4.74 Å². The van der Waals surface area contributed by atoms with Crippen molar-refractivity contribution in [2.24, 2.45) is 0 Å². The molecule has 0 saturated heterocycles. The van der Waals surface area contributed by atoms with Gasteiger partial charge >= 0.3 is 5.97 Å². The van der Waals surface area contributed by atoms with E-state index in [2.05, 4.69) is 27.3 Å². The molecule has 1 aromatic carbocycles. The minimum absolute atomic E-state index is 0.210. The van der Waals surface area contributed by atoms with Gasteiger partial charge in [-0.05, 0) is 37.5 Å². The molecule has 0 saturated carbocycles. The van der Waals surface area contributed by atoms with E-state index in [-0.39, 0.29) is 5.97 Å². The normalized spacial score (nSPS) is 23.2. The Kier molecular flexibility index (Phi) is 2.93. The van der Waals surface area contributed by atoms with E-state index < -0.39 is 5.54 Å². The van der Waals surface area contributed by atoms with Crippen LogP contribution in [0.3, 0.4) is 0 Å². The van der Waals surface area contributed by atoms with Crippen LogP contribution in [0.5, 0.6) is 0 Å². The number of hydrogen-bond donors (Lipinski definition) is 1. The Morgan fingerprint density at radius 2 is 2.31 bits per heavy atom. The summed E-state index contributed by atoms with van der Waals surface area (Å²) in [4.78, 5) is 11.7. The number of halogens is 1. The first-order valence-electron chi connectivity index (χ1n) is 5.20. The average molecular weight is 284 g/mol. The summed E-state index contributed by atoms with van der Waals surface area (Å²) in [6, 6.07) is 6.08. The summed E-state index contributed by atoms with van der Waals surface area (Å²) < 4.78 is 5.83. The number of carbonyl (C=O) groups is 1. The van der Waals surface area contributed by atoms with E-state index in [0.29, 0.717) is 0 Å². The molecular weight excluding hydrogens is 270 g/mol. The topological polar surface area (TPSA) is 38.3 Å². The number of aryl methyl sites for hydroxylation is 1. The molecule has 0 radical (unpaired) electrons. The third-order valence-corrected chi connectivity index (χ3v) is 3.51. The van der Waals surface area contributed by atoms with Gasteiger partial charge in [-0.15, -0.1) is 0 Å². The van der Waals surface area contributed by atoms with Crippen LogP contribution in [0.4, 0.5) is 5.69 Å². The highest BCUT2D eigenvalue weighted by molar-refractivity contribution is 9.10. The number of rotatable bonds is 1. The van der Waals surface area contributed by atoms with Crippen LogP contribution in [0.1, 0.15) is 18.9 Å². The Balaban J connectivity index is 2.32. The SMILES string of the molecule is COC(=O)C1(C)CCc2ccc(Br)cc2N1. The van der Waals surface area contributed by atoms with E-state index in [0.717, 1.165) is 23.0 Å². The first kappa shape index (κ1) is 11.5. The number of anilines is 1. The number of methoxy groups -OCH3 is 1. The second-order valence-electron chi connectivity index (χ2n) is 4.25. The fourth-order valence-electron chi connectivity index (χ4n) is 2.01. The van der Waals surface area contributed by atoms with Crippen LogP contribution in [0.15, 0.2) is 22.7 Å². The van der Waals surface area contributed by atoms with Crippen molar-refractivity contribution in [3.63, 3.8) is 0 Å². The highest BCUT2D eigenvalue weighted by Crippen LogP contribution is 2.33. The van der Waals surface area contributed by atoms with Crippen molar-refractivity contribution in [2.75, 3.05) is 12.4 Å². The lowest BCUT2D eigenvalue weighted by molar-refractivity contribution is -0.145. The van der Waals surface area contributed by atoms with Crippen LogP contribution in [0.2, 0.25) is 0 Å². The third kappa shape index (κ3) is 1.94. The van der Waals surface area contributed by atoms with Gasteiger partial charge in [-0.25, -0.2) is 4.79 Å². The molecule has 0 fully saturated rings. The molecule has 0 amide bonds. The Morgan fingerprint density at radius 3 is 3.00 bits per heavy atom. The van der Waals surface area contributed by atoms with Crippen LogP contribution < -0.4 is 5.32 Å². The number of nitrogens with one attached hydrogen (secondary N) is 1. The van der Waals surface area contributed by atoms with Crippen LogP contribution in [-0.4, -0.2) is 18.6 Å². The number of hydrogen-bond acceptors (Lipinski definition) is 3. The Morgan fingerprint density at radius 1 is 1.56 bits per heavy atom. The minimum atomic E-state index is -0.609. The van der Waals surface area contributed by atoms with Gasteiger partial charge in [0.15, 0.2) is 0 Å². The molecular formula is C12H14BrNO2. The molecule has 0 aromatic heterocycles. The van der Waals surface area contributed by atoms with Crippen LogP contribution >= 0.6 is 15.9 Å². The molecule has 0 bridgehead atoms. The third-order valence-electron chi connectivity index (χ3n) is 3.01. The van der Waals surface area contributed by atoms with Crippen molar-refractivity contribution < 1.29 is 9.53 Å². The minimum Gasteiger partial charge on any atom is -0.467 e. The van der Waals surface area contributed by atoms with Gasteiger partial charge < -0.3 is 10.1 Å². The second-order valence-corrected chi connectivity index (χ2v) is 5.17. The molecule has 1 aliphatic rings. The molecule has 1 aliphatic heterocycles. The molecule has 0 aliphatic carbocycles. The van der Waals surface area contributed by atoms with Crippen molar-refractivity contribution in [3.05, 3.63) is 28.2 Å². The molecule has 0 spiro atoms. The lowest BCUT2D eigenvalue weighted by atomic mass is 9.88. The Hall–Kier alpha value is -1.03. The van der Waals surface area contributed by atoms with Crippen LogP contribution in [0, 0.1) is 0 Å². The number of ether oxygens (including phenoxy) is 1. The molecule has 4 heteroatoms. The molecule has 1 N–H and O–H groups in total. The van der Waals surface area contributed by atoms with Gasteiger partial charge in [0.2, 0.25) is 0 Å². The number of fused-ring (bicyclic) bond motifs is 1. The number of carbonyl (C=O) groups excluding carboxylic acids is 1. The lowest BCUT2D eigenvalue weighted by Crippen LogP contribution is -2.46. The molecule has 16 heavy (non-hydrogen) atoms. The Labute approximate surface area is 103 Å². The van der Waals surface area contributed by atoms with Gasteiger partial charge in [-0.3, -0.25) is 0 Å². The van der Waals surface area contributed by atoms with Gasteiger partial charge in [-0.1, -0.05) is 22.0 Å². The van der Waals surface area contributed by atoms with Crippen molar-refractivity contribution in [2.45, 2.75) is 25.3 Å². The molecule has 3 nitrogen and oxygen atoms in total. The van der Waals surface area contributed by atoms with Gasteiger partial charge in [0, 0.05) is 10.2 Å². The standard InChI is InChI=1S/C12H14BrNO2/c1-12(11(15)16-2)6-5-8-3-4-9(13)7-10(8)14-12/h3-4,7,14H,5-6H2,1-2H3. The zero-order chi connectivity index (χ0) is 11.8. The average Bonchev–Trinajstić information content (AvgIpc) is 2.27. The largest absolute Gasteiger partial charge is 0.467 e. The molecule has 2 rings (SSSR count). The maximum atomic E-state index is 11.7. The van der Waals surface area contributed by atoms with Crippen LogP contribution in [-0.2, 0) is 16.0 Å². The molecule has 86 valence electrons. The van der Waals surface area contributed by atoms with Gasteiger partial charge in [-0.2, -0.15) is 0 Å². The zero-order valence-electron chi connectivity index (χ0n) is 9.34. The summed E-state index contributed by atoms with van der Waals surface area (Å²) in [5.74, 6) is -0.210. The van der Waals surface area contributed by atoms with E-state index >= 15 is 0 Å². The highest BCUT2D eigenvalue weighted by Gasteiger charge is 2.37. The molecule has 1 aromatic rings. The van der Waals surface area contributed by atoms with Crippen molar-refractivity contribution in [1.29, 1.82) is 0 Å². The second kappa shape index (κ2) is 4.09. The van der Waals surface area contributed by atoms with Crippen molar-refractivity contribution in [1.82, 2.24) is 0 Å². The van der Waals surface area contributed by atoms with Gasteiger partial charge in [0.1, 0.15) is 5.54 Å². The van der Waals surface area contributed by atoms with E-state index in [9.17, 15) is 4.79 Å². The summed E-state index contributed by atoms with van der Waals surface area (Å²) in [7, 11) is 1.42. The van der Waals surface area contributed by atoms with E-state index in [1.165, 1.54) is 12.7 Å². The molecule has 1 heterocycles. The first-order chi connectivity index (χ1) is 7.55. The number of esters is 1. The summed E-state index contributed by atoms with van der Waals surface area (Å²) in [5.41, 5.74) is 1.64. The molecule has 1 unspecified atom stereocenters. The van der Waals surface area contributed by atoms with Crippen LogP contribution in [0.25, 0.3) is 0 Å². The Bertz CT molecular complexity index is 433. The lowest BCUT2D eigenvalue weighted by Gasteiger charge is -2.34. The smallest absolute Gasteiger partial charge is 0.331 e. The van der Waals surface area contributed by atoms with Crippen molar-refractivity contribution >= 4 is 27.6 Å². The summed E-state index contributed by atoms with van der Waals surface area (Å²) in [6.07, 6.45) is 1.65. The monoisotopic (exact) mass is 283 g/mol. The number of benzene rings is 1. The maximum Gasteiger partial charge on any atom is 0.331 e. The predicted molar refractivity (Wildman–Crippen MR) is 66.5 cm³/mol. The quantitative estimate of drug-likeness (QED) is 0.806. The fourth-order valence-corrected chi connectivity index (χ4v) is 2.37. The predicted octanol–water partition coefficient (Wildman–Crippen LogP) is 2.74. The fraction of sp³-hybridized carbons (Fsp3) is 0.417. The zero-order valence-corrected chi connectivity index (χ0v) is 10.9. The maximum absolute atomic E-state index is 11.7. The summed E-state index contributed by atoms with van der Waals surface area (Å²) in [5, 5.41) is 3.26. The van der Waals surface area contributed by atoms with Gasteiger partial charge in [0.05, 0.1) is 7.11 Å². The van der Waals surface area contributed by atoms with E-state index in [1.54, 1.807) is 0 Å². The highest BCUT2D eigenvalue weighted by atomic mass is 79.9. The van der Waals surface area contributed by atoms with E-state index in [1.807, 2.05) is 19.1 Å². The summed E-state index contributed by atoms with van der Waals surface area (Å²) >= 11 is 3.43. The molecule has 1 atom stereocenters. The first-order valence-corrected chi connectivity index (χ1v) is 5.99.